The molecule has 1 unspecified atom stereocenters. The van der Waals surface area contributed by atoms with Crippen LogP contribution in [0.4, 0.5) is 0 Å². The summed E-state index contributed by atoms with van der Waals surface area (Å²) in [6.07, 6.45) is 2.18. The Kier molecular flexibility index (Phi) is 2.33. The van der Waals surface area contributed by atoms with Gasteiger partial charge in [-0.25, -0.2) is 0 Å². The van der Waals surface area contributed by atoms with Crippen LogP contribution in [0.3, 0.4) is 0 Å². The van der Waals surface area contributed by atoms with Crippen molar-refractivity contribution in [3.63, 3.8) is 0 Å². The molecule has 1 fully saturated rings. The number of rotatable bonds is 2. The fourth-order valence-corrected chi connectivity index (χ4v) is 1.75. The van der Waals surface area contributed by atoms with Crippen molar-refractivity contribution in [3.8, 4) is 0 Å². The summed E-state index contributed by atoms with van der Waals surface area (Å²) in [7, 11) is 2.03. The molecule has 0 aliphatic carbocycles. The number of carbonyl (C=O) groups is 1. The Morgan fingerprint density at radius 2 is 2.43 bits per heavy atom. The molecule has 1 aliphatic rings. The van der Waals surface area contributed by atoms with E-state index in [1.54, 1.807) is 0 Å². The second-order valence-electron chi connectivity index (χ2n) is 3.65. The van der Waals surface area contributed by atoms with Gasteiger partial charge in [0.15, 0.2) is 5.82 Å². The van der Waals surface area contributed by atoms with Crippen LogP contribution in [-0.2, 0) is 0 Å². The smallest absolute Gasteiger partial charge is 0.293 e. The number of hydrogen-bond acceptors (Lipinski definition) is 5. The Labute approximate surface area is 82.1 Å². The van der Waals surface area contributed by atoms with Gasteiger partial charge in [-0.2, -0.15) is 4.98 Å². The van der Waals surface area contributed by atoms with Crippen molar-refractivity contribution in [2.24, 2.45) is 0 Å². The van der Waals surface area contributed by atoms with Crippen molar-refractivity contribution in [1.29, 1.82) is 0 Å². The lowest BCUT2D eigenvalue weighted by molar-refractivity contribution is 0.0972. The highest BCUT2D eigenvalue weighted by molar-refractivity contribution is 5.89. The molecule has 0 amide bonds. The molecule has 5 heteroatoms. The summed E-state index contributed by atoms with van der Waals surface area (Å²) in [6, 6.07) is 0.215. The van der Waals surface area contributed by atoms with E-state index in [9.17, 15) is 4.79 Å². The third-order valence-electron chi connectivity index (χ3n) is 2.56. The second kappa shape index (κ2) is 3.49. The third kappa shape index (κ3) is 1.55. The van der Waals surface area contributed by atoms with E-state index in [1.165, 1.54) is 6.92 Å². The molecule has 2 heterocycles. The van der Waals surface area contributed by atoms with Crippen LogP contribution < -0.4 is 0 Å². The summed E-state index contributed by atoms with van der Waals surface area (Å²) in [6.45, 7) is 2.48. The van der Waals surface area contributed by atoms with Gasteiger partial charge in [0.05, 0.1) is 6.04 Å². The average Bonchev–Trinajstić information content (AvgIpc) is 2.71. The van der Waals surface area contributed by atoms with Crippen molar-refractivity contribution >= 4 is 5.78 Å². The Balaban J connectivity index is 2.20. The van der Waals surface area contributed by atoms with Gasteiger partial charge < -0.3 is 4.52 Å². The Morgan fingerprint density at radius 1 is 1.64 bits per heavy atom. The highest BCUT2D eigenvalue weighted by Crippen LogP contribution is 2.27. The van der Waals surface area contributed by atoms with Gasteiger partial charge in [0.1, 0.15) is 0 Å². The van der Waals surface area contributed by atoms with E-state index in [0.29, 0.717) is 5.82 Å². The predicted octanol–water partition coefficient (Wildman–Crippen LogP) is 1.04. The van der Waals surface area contributed by atoms with Gasteiger partial charge in [0, 0.05) is 6.92 Å². The van der Waals surface area contributed by atoms with Crippen LogP contribution in [-0.4, -0.2) is 34.4 Å². The average molecular weight is 195 g/mol. The van der Waals surface area contributed by atoms with Gasteiger partial charge in [-0.3, -0.25) is 9.69 Å². The number of hydrogen-bond donors (Lipinski definition) is 0. The van der Waals surface area contributed by atoms with Crippen LogP contribution in [0.5, 0.6) is 0 Å². The molecule has 1 aliphatic heterocycles. The zero-order valence-electron chi connectivity index (χ0n) is 8.36. The van der Waals surface area contributed by atoms with Crippen LogP contribution in [0.15, 0.2) is 4.52 Å². The first-order valence-corrected chi connectivity index (χ1v) is 4.73. The van der Waals surface area contributed by atoms with Crippen molar-refractivity contribution in [2.75, 3.05) is 13.6 Å². The number of Topliss-reactive ketones (excluding diaryl/α,β-unsaturated/α-hetero) is 1. The van der Waals surface area contributed by atoms with E-state index in [4.69, 9.17) is 4.52 Å². The fraction of sp³-hybridized carbons (Fsp3) is 0.667. The normalized spacial score (nSPS) is 22.9. The first kappa shape index (κ1) is 9.33. The fourth-order valence-electron chi connectivity index (χ4n) is 1.75. The lowest BCUT2D eigenvalue weighted by Crippen LogP contribution is -2.18. The van der Waals surface area contributed by atoms with Gasteiger partial charge in [-0.1, -0.05) is 5.16 Å². The molecule has 1 atom stereocenters. The maximum atomic E-state index is 10.9. The summed E-state index contributed by atoms with van der Waals surface area (Å²) in [4.78, 5) is 17.2. The van der Waals surface area contributed by atoms with Crippen LogP contribution in [0.25, 0.3) is 0 Å². The zero-order valence-corrected chi connectivity index (χ0v) is 8.36. The van der Waals surface area contributed by atoms with E-state index in [0.717, 1.165) is 19.4 Å². The number of aromatic nitrogens is 2. The summed E-state index contributed by atoms with van der Waals surface area (Å²) in [5.41, 5.74) is 0. The maximum Gasteiger partial charge on any atom is 0.293 e. The van der Waals surface area contributed by atoms with Gasteiger partial charge in [-0.05, 0) is 26.4 Å². The summed E-state index contributed by atoms with van der Waals surface area (Å²) in [5, 5.41) is 3.82. The standard InChI is InChI=1S/C9H13N3O2/c1-6(13)9-10-8(11-14-9)7-4-3-5-12(7)2/h7H,3-5H2,1-2H3. The maximum absolute atomic E-state index is 10.9. The summed E-state index contributed by atoms with van der Waals surface area (Å²) < 4.78 is 4.85. The minimum atomic E-state index is -0.176. The summed E-state index contributed by atoms with van der Waals surface area (Å²) >= 11 is 0. The molecule has 0 radical (unpaired) electrons. The van der Waals surface area contributed by atoms with E-state index < -0.39 is 0 Å². The molecule has 1 saturated heterocycles. The van der Waals surface area contributed by atoms with E-state index in [1.807, 2.05) is 7.05 Å². The molecule has 2 rings (SSSR count). The van der Waals surface area contributed by atoms with Gasteiger partial charge in [-0.15, -0.1) is 0 Å². The van der Waals surface area contributed by atoms with Crippen LogP contribution in [0.1, 0.15) is 42.3 Å². The van der Waals surface area contributed by atoms with Gasteiger partial charge >= 0.3 is 0 Å². The minimum Gasteiger partial charge on any atom is -0.331 e. The van der Waals surface area contributed by atoms with Gasteiger partial charge in [0.2, 0.25) is 5.78 Å². The quantitative estimate of drug-likeness (QED) is 0.660. The van der Waals surface area contributed by atoms with Crippen LogP contribution in [0, 0.1) is 0 Å². The predicted molar refractivity (Wildman–Crippen MR) is 48.9 cm³/mol. The molecule has 1 aromatic rings. The molecule has 1 aromatic heterocycles. The number of carbonyl (C=O) groups excluding carboxylic acids is 1. The van der Waals surface area contributed by atoms with E-state index in [-0.39, 0.29) is 17.7 Å². The lowest BCUT2D eigenvalue weighted by Gasteiger charge is -2.14. The topological polar surface area (TPSA) is 59.2 Å². The Bertz CT molecular complexity index is 348. The highest BCUT2D eigenvalue weighted by atomic mass is 16.5. The van der Waals surface area contributed by atoms with Crippen LogP contribution >= 0.6 is 0 Å². The monoisotopic (exact) mass is 195 g/mol. The molecule has 0 bridgehead atoms. The van der Waals surface area contributed by atoms with E-state index in [2.05, 4.69) is 15.0 Å². The van der Waals surface area contributed by atoms with Crippen molar-refractivity contribution in [3.05, 3.63) is 11.7 Å². The molecule has 0 aromatic carbocycles. The molecular formula is C9H13N3O2. The lowest BCUT2D eigenvalue weighted by atomic mass is 10.2. The highest BCUT2D eigenvalue weighted by Gasteiger charge is 2.27. The van der Waals surface area contributed by atoms with Crippen LogP contribution in [0.2, 0.25) is 0 Å². The summed E-state index contributed by atoms with van der Waals surface area (Å²) in [5.74, 6) is 0.569. The molecule has 14 heavy (non-hydrogen) atoms. The molecular weight excluding hydrogens is 182 g/mol. The first-order valence-electron chi connectivity index (χ1n) is 4.73. The van der Waals surface area contributed by atoms with E-state index >= 15 is 0 Å². The van der Waals surface area contributed by atoms with Gasteiger partial charge in [0.25, 0.3) is 5.89 Å². The second-order valence-corrected chi connectivity index (χ2v) is 3.65. The Hall–Kier alpha value is -1.23. The number of likely N-dealkylation sites (tertiary alicyclic amines) is 1. The number of ketones is 1. The molecule has 76 valence electrons. The molecule has 0 N–H and O–H groups in total. The minimum absolute atomic E-state index is 0.111. The zero-order chi connectivity index (χ0) is 10.1. The molecule has 5 nitrogen and oxygen atoms in total. The third-order valence-corrected chi connectivity index (χ3v) is 2.56. The van der Waals surface area contributed by atoms with Crippen molar-refractivity contribution in [2.45, 2.75) is 25.8 Å². The SMILES string of the molecule is CC(=O)c1nc(C2CCCN2C)no1. The number of nitrogens with zero attached hydrogens (tertiary/aromatic N) is 3. The Morgan fingerprint density at radius 3 is 2.93 bits per heavy atom. The van der Waals surface area contributed by atoms with Crippen molar-refractivity contribution in [1.82, 2.24) is 15.0 Å². The largest absolute Gasteiger partial charge is 0.331 e. The first-order chi connectivity index (χ1) is 6.68. The van der Waals surface area contributed by atoms with Crippen molar-refractivity contribution < 1.29 is 9.32 Å². The molecule has 0 saturated carbocycles. The molecule has 0 spiro atoms.